The third-order valence-electron chi connectivity index (χ3n) is 0.714. The summed E-state index contributed by atoms with van der Waals surface area (Å²) in [7, 11) is -9.54. The molecule has 0 aromatic carbocycles. The molecule has 0 aliphatic rings. The number of carboxylic acids is 1. The first-order chi connectivity index (χ1) is 7.39. The number of carboxylic acid groups (broad SMARTS) is 1. The van der Waals surface area contributed by atoms with E-state index >= 15 is 0 Å². The fraction of sp³-hybridized carbons (Fsp3) is 0.667. The molecule has 9 nitrogen and oxygen atoms in total. The van der Waals surface area contributed by atoms with Crippen LogP contribution in [0.4, 0.5) is 0 Å². The third kappa shape index (κ3) is 18.8. The SMILES string of the molecule is NC(CS)C(=O)O.O=S(=O)(O)SSS(=O)(=O)O. The van der Waals surface area contributed by atoms with E-state index in [9.17, 15) is 21.6 Å². The van der Waals surface area contributed by atoms with Gasteiger partial charge in [0.05, 0.1) is 19.7 Å². The first-order valence-corrected chi connectivity index (χ1v) is 10.0. The van der Waals surface area contributed by atoms with E-state index in [4.69, 9.17) is 19.9 Å². The Bertz CT molecular complexity index is 394. The second-order valence-electron chi connectivity index (χ2n) is 2.12. The Morgan fingerprint density at radius 3 is 1.53 bits per heavy atom. The zero-order chi connectivity index (χ0) is 14.3. The van der Waals surface area contributed by atoms with E-state index < -0.39 is 30.3 Å². The van der Waals surface area contributed by atoms with Crippen LogP contribution in [-0.2, 0) is 23.1 Å². The lowest BCUT2D eigenvalue weighted by atomic mass is 10.4. The highest BCUT2D eigenvalue weighted by Crippen LogP contribution is 2.30. The molecule has 17 heavy (non-hydrogen) atoms. The van der Waals surface area contributed by atoms with Gasteiger partial charge in [-0.05, 0) is 0 Å². The lowest BCUT2D eigenvalue weighted by Crippen LogP contribution is -2.31. The Morgan fingerprint density at radius 2 is 1.47 bits per heavy atom. The van der Waals surface area contributed by atoms with Crippen molar-refractivity contribution >= 4 is 56.6 Å². The van der Waals surface area contributed by atoms with E-state index in [1.165, 1.54) is 0 Å². The molecule has 1 unspecified atom stereocenters. The normalized spacial score (nSPS) is 13.4. The minimum Gasteiger partial charge on any atom is -0.480 e. The molecule has 0 aromatic rings. The van der Waals surface area contributed by atoms with Crippen LogP contribution in [0.15, 0.2) is 0 Å². The molecule has 0 radical (unpaired) electrons. The second kappa shape index (κ2) is 8.41. The van der Waals surface area contributed by atoms with Crippen molar-refractivity contribution in [2.75, 3.05) is 5.75 Å². The van der Waals surface area contributed by atoms with Crippen molar-refractivity contribution in [1.29, 1.82) is 0 Å². The van der Waals surface area contributed by atoms with Crippen molar-refractivity contribution < 1.29 is 35.8 Å². The Balaban J connectivity index is 0. The fourth-order valence-corrected chi connectivity index (χ4v) is 5.92. The summed E-state index contributed by atoms with van der Waals surface area (Å²) in [5.74, 6) is -0.815. The molecule has 0 spiro atoms. The maximum Gasteiger partial charge on any atom is 0.330 e. The molecule has 0 rings (SSSR count). The van der Waals surface area contributed by atoms with Crippen LogP contribution in [-0.4, -0.2) is 48.8 Å². The zero-order valence-electron chi connectivity index (χ0n) is 7.82. The monoisotopic (exact) mass is 347 g/mol. The summed E-state index contributed by atoms with van der Waals surface area (Å²) in [6.07, 6.45) is 0. The molecular weight excluding hydrogens is 338 g/mol. The smallest absolute Gasteiger partial charge is 0.330 e. The lowest BCUT2D eigenvalue weighted by Gasteiger charge is -1.96. The van der Waals surface area contributed by atoms with E-state index in [1.807, 2.05) is 0 Å². The van der Waals surface area contributed by atoms with Crippen LogP contribution in [0.5, 0.6) is 0 Å². The van der Waals surface area contributed by atoms with E-state index in [-0.39, 0.29) is 25.4 Å². The number of hydrogen-bond acceptors (Lipinski definition) is 9. The van der Waals surface area contributed by atoms with Gasteiger partial charge in [0.25, 0.3) is 0 Å². The first-order valence-electron chi connectivity index (χ1n) is 3.31. The van der Waals surface area contributed by atoms with Gasteiger partial charge >= 0.3 is 24.3 Å². The third-order valence-corrected chi connectivity index (χ3v) is 7.80. The highest BCUT2D eigenvalue weighted by Gasteiger charge is 2.14. The maximum absolute atomic E-state index is 9.80. The molecule has 14 heteroatoms. The standard InChI is InChI=1S/C3H7NO2S.H2O6S4/c4-2(1-7)3(5)6;1-9(2,3)7-8-10(4,5)6/h2,7H,1,4H2,(H,5,6);(H,1,2,3)(H,4,5,6). The topological polar surface area (TPSA) is 172 Å². The minimum absolute atomic E-state index is 0.190. The molecule has 0 aromatic heterocycles. The molecule has 0 fully saturated rings. The largest absolute Gasteiger partial charge is 0.480 e. The van der Waals surface area contributed by atoms with Crippen molar-refractivity contribution in [3.05, 3.63) is 0 Å². The van der Waals surface area contributed by atoms with Crippen molar-refractivity contribution in [2.24, 2.45) is 5.73 Å². The van der Waals surface area contributed by atoms with Gasteiger partial charge < -0.3 is 10.8 Å². The Hall–Kier alpha value is 0.300. The molecule has 104 valence electrons. The van der Waals surface area contributed by atoms with Crippen LogP contribution in [0.1, 0.15) is 0 Å². The molecule has 0 amide bonds. The van der Waals surface area contributed by atoms with Crippen LogP contribution >= 0.6 is 32.3 Å². The molecule has 0 saturated carbocycles. The predicted molar refractivity (Wildman–Crippen MR) is 67.7 cm³/mol. The van der Waals surface area contributed by atoms with Crippen molar-refractivity contribution in [3.63, 3.8) is 0 Å². The molecule has 1 atom stereocenters. The lowest BCUT2D eigenvalue weighted by molar-refractivity contribution is -0.137. The van der Waals surface area contributed by atoms with Crippen molar-refractivity contribution in [3.8, 4) is 0 Å². The molecule has 0 saturated heterocycles. The predicted octanol–water partition coefficient (Wildman–Crippen LogP) is -0.698. The van der Waals surface area contributed by atoms with Gasteiger partial charge in [-0.25, -0.2) is 0 Å². The highest BCUT2D eigenvalue weighted by atomic mass is 33.7. The summed E-state index contributed by atoms with van der Waals surface area (Å²) in [5, 5.41) is 8.01. The summed E-state index contributed by atoms with van der Waals surface area (Å²) >= 11 is 3.65. The minimum atomic E-state index is -4.42. The van der Waals surface area contributed by atoms with Crippen molar-refractivity contribution in [1.82, 2.24) is 0 Å². The summed E-state index contributed by atoms with van der Waals surface area (Å²) in [6.45, 7) is 0. The van der Waals surface area contributed by atoms with Crippen LogP contribution in [0, 0.1) is 0 Å². The Labute approximate surface area is 110 Å². The quantitative estimate of drug-likeness (QED) is 0.242. The fourth-order valence-electron chi connectivity index (χ4n) is 0.148. The van der Waals surface area contributed by atoms with Crippen molar-refractivity contribution in [2.45, 2.75) is 6.04 Å². The highest BCUT2D eigenvalue weighted by molar-refractivity contribution is 9.21. The molecule has 0 bridgehead atoms. The molecule has 0 aliphatic heterocycles. The number of rotatable bonds is 5. The summed E-state index contributed by atoms with van der Waals surface area (Å²) in [6, 6.07) is -0.816. The number of nitrogens with two attached hydrogens (primary N) is 1. The number of hydrogen-bond donors (Lipinski definition) is 5. The summed E-state index contributed by atoms with van der Waals surface area (Å²) < 4.78 is 55.0. The zero-order valence-corrected chi connectivity index (χ0v) is 12.0. The summed E-state index contributed by atoms with van der Waals surface area (Å²) in [4.78, 5) is 9.76. The van der Waals surface area contributed by atoms with E-state index in [2.05, 4.69) is 12.6 Å². The number of thiol groups is 1. The van der Waals surface area contributed by atoms with E-state index in [1.54, 1.807) is 0 Å². The van der Waals surface area contributed by atoms with Gasteiger partial charge in [-0.2, -0.15) is 29.5 Å². The van der Waals surface area contributed by atoms with E-state index in [0.29, 0.717) is 0 Å². The Kier molecular flexibility index (Phi) is 9.71. The van der Waals surface area contributed by atoms with Gasteiger partial charge in [-0.15, -0.1) is 0 Å². The molecule has 0 aliphatic carbocycles. The molecular formula is C3H9NO8S5. The van der Waals surface area contributed by atoms with Gasteiger partial charge in [0.1, 0.15) is 6.04 Å². The second-order valence-corrected chi connectivity index (χ2v) is 10.3. The van der Waals surface area contributed by atoms with Gasteiger partial charge in [0.2, 0.25) is 0 Å². The van der Waals surface area contributed by atoms with Crippen LogP contribution < -0.4 is 5.73 Å². The number of carbonyl (C=O) groups is 1. The average Bonchev–Trinajstić information content (AvgIpc) is 2.12. The van der Waals surface area contributed by atoms with E-state index in [0.717, 1.165) is 0 Å². The van der Waals surface area contributed by atoms with Gasteiger partial charge in [0, 0.05) is 5.75 Å². The van der Waals surface area contributed by atoms with Gasteiger partial charge in [-0.1, -0.05) is 0 Å². The van der Waals surface area contributed by atoms with Gasteiger partial charge in [0.15, 0.2) is 0 Å². The maximum atomic E-state index is 9.80. The molecule has 0 heterocycles. The van der Waals surface area contributed by atoms with Gasteiger partial charge in [-0.3, -0.25) is 13.9 Å². The first kappa shape index (κ1) is 19.6. The van der Waals surface area contributed by atoms with Crippen LogP contribution in [0.25, 0.3) is 0 Å². The van der Waals surface area contributed by atoms with Crippen LogP contribution in [0.2, 0.25) is 0 Å². The summed E-state index contributed by atoms with van der Waals surface area (Å²) in [5.41, 5.74) is 4.94. The number of aliphatic carboxylic acids is 1. The van der Waals surface area contributed by atoms with Crippen LogP contribution in [0.3, 0.4) is 0 Å². The molecule has 5 N–H and O–H groups in total. The Morgan fingerprint density at radius 1 is 1.18 bits per heavy atom. The average molecular weight is 347 g/mol.